The highest BCUT2D eigenvalue weighted by molar-refractivity contribution is 7.98. The van der Waals surface area contributed by atoms with E-state index in [1.807, 2.05) is 18.2 Å². The van der Waals surface area contributed by atoms with Crippen molar-refractivity contribution in [3.63, 3.8) is 0 Å². The van der Waals surface area contributed by atoms with Crippen molar-refractivity contribution >= 4 is 39.6 Å². The van der Waals surface area contributed by atoms with Crippen LogP contribution in [0.25, 0.3) is 21.8 Å². The molecule has 46 heavy (non-hydrogen) atoms. The Balaban J connectivity index is 0.000000293. The lowest BCUT2D eigenvalue weighted by molar-refractivity contribution is -0.274. The number of fused-ring (bicyclic) bond motifs is 3. The first kappa shape index (κ1) is 33.2. The van der Waals surface area contributed by atoms with Crippen LogP contribution in [0.15, 0.2) is 78.9 Å². The van der Waals surface area contributed by atoms with Crippen LogP contribution in [0, 0.1) is 11.6 Å². The Morgan fingerprint density at radius 1 is 0.848 bits per heavy atom. The van der Waals surface area contributed by atoms with Crippen molar-refractivity contribution in [2.75, 3.05) is 32.0 Å². The van der Waals surface area contributed by atoms with Crippen molar-refractivity contribution in [1.29, 1.82) is 0 Å². The number of hydrogen-bond acceptors (Lipinski definition) is 7. The summed E-state index contributed by atoms with van der Waals surface area (Å²) in [6.07, 6.45) is -2.90. The molecule has 7 nitrogen and oxygen atoms in total. The van der Waals surface area contributed by atoms with E-state index < -0.39 is 6.36 Å². The number of piperidine rings is 1. The maximum absolute atomic E-state index is 14.0. The van der Waals surface area contributed by atoms with E-state index in [9.17, 15) is 22.0 Å². The molecule has 1 saturated heterocycles. The van der Waals surface area contributed by atoms with Crippen molar-refractivity contribution in [3.8, 4) is 17.2 Å². The molecule has 0 spiro atoms. The summed E-state index contributed by atoms with van der Waals surface area (Å²) in [4.78, 5) is 0. The monoisotopic (exact) mass is 660 g/mol. The number of anilines is 1. The zero-order chi connectivity index (χ0) is 32.8. The number of nitrogens with one attached hydrogen (secondary N) is 1. The van der Waals surface area contributed by atoms with Crippen LogP contribution >= 0.6 is 12.1 Å². The highest BCUT2D eigenvalue weighted by atomic mass is 32.2. The lowest BCUT2D eigenvalue weighted by atomic mass is 10.1. The first-order chi connectivity index (χ1) is 22.1. The quantitative estimate of drug-likeness (QED) is 0.128. The van der Waals surface area contributed by atoms with Crippen LogP contribution < -0.4 is 24.7 Å². The van der Waals surface area contributed by atoms with Gasteiger partial charge in [0.2, 0.25) is 0 Å². The molecule has 0 radical (unpaired) electrons. The van der Waals surface area contributed by atoms with Gasteiger partial charge in [0.1, 0.15) is 28.9 Å². The summed E-state index contributed by atoms with van der Waals surface area (Å²) in [5, 5.41) is 1.36. The minimum atomic E-state index is -4.73. The summed E-state index contributed by atoms with van der Waals surface area (Å²) in [6, 6.07) is 20.4. The third kappa shape index (κ3) is 7.95. The summed E-state index contributed by atoms with van der Waals surface area (Å²) in [7, 11) is 3.24. The maximum Gasteiger partial charge on any atom is 0.573 e. The van der Waals surface area contributed by atoms with E-state index in [0.29, 0.717) is 29.5 Å². The molecule has 1 unspecified atom stereocenters. The van der Waals surface area contributed by atoms with E-state index in [1.165, 1.54) is 60.7 Å². The Morgan fingerprint density at radius 2 is 1.48 bits per heavy atom. The lowest BCUT2D eigenvalue weighted by Gasteiger charge is -2.33. The molecule has 1 aliphatic heterocycles. The second kappa shape index (κ2) is 14.5. The zero-order valence-corrected chi connectivity index (χ0v) is 25.9. The highest BCUT2D eigenvalue weighted by Gasteiger charge is 2.31. The second-order valence-corrected chi connectivity index (χ2v) is 11.4. The Labute approximate surface area is 267 Å². The fourth-order valence-corrected chi connectivity index (χ4v) is 6.31. The van der Waals surface area contributed by atoms with Crippen LogP contribution in [0.1, 0.15) is 24.4 Å². The molecule has 5 aromatic rings. The molecule has 1 atom stereocenters. The third-order valence-electron chi connectivity index (χ3n) is 7.55. The number of nitrogens with zero attached hydrogens (tertiary/aromatic N) is 2. The molecule has 0 amide bonds. The van der Waals surface area contributed by atoms with Crippen molar-refractivity contribution in [1.82, 2.24) is 8.87 Å². The number of methoxy groups -OCH3 is 2. The van der Waals surface area contributed by atoms with Gasteiger partial charge >= 0.3 is 6.36 Å². The van der Waals surface area contributed by atoms with Crippen LogP contribution in [0.4, 0.5) is 27.6 Å². The SMILES string of the molecule is COc1ccc(CN)c(OC)c1.Fc1ccc2c(c1)c1cc(F)ccc1n2C1CCCN(SNc2ccc(OC(F)(F)F)cc2)C1. The number of rotatable bonds is 8. The van der Waals surface area contributed by atoms with Gasteiger partial charge in [-0.25, -0.2) is 13.1 Å². The predicted molar refractivity (Wildman–Crippen MR) is 171 cm³/mol. The van der Waals surface area contributed by atoms with Crippen molar-refractivity contribution in [2.24, 2.45) is 5.73 Å². The fraction of sp³-hybridized carbons (Fsp3) is 0.273. The molecule has 1 aromatic heterocycles. The van der Waals surface area contributed by atoms with E-state index in [0.717, 1.165) is 47.5 Å². The zero-order valence-electron chi connectivity index (χ0n) is 25.1. The minimum absolute atomic E-state index is 0.0848. The molecule has 1 aliphatic rings. The van der Waals surface area contributed by atoms with Gasteiger partial charge in [-0.1, -0.05) is 6.07 Å². The van der Waals surface area contributed by atoms with E-state index in [4.69, 9.17) is 15.2 Å². The molecule has 6 rings (SSSR count). The summed E-state index contributed by atoms with van der Waals surface area (Å²) in [5.41, 5.74) is 8.83. The average Bonchev–Trinajstić information content (AvgIpc) is 3.36. The van der Waals surface area contributed by atoms with Crippen LogP contribution in [-0.4, -0.2) is 42.5 Å². The van der Waals surface area contributed by atoms with Gasteiger partial charge in [0, 0.05) is 76.9 Å². The van der Waals surface area contributed by atoms with Crippen LogP contribution in [0.2, 0.25) is 0 Å². The van der Waals surface area contributed by atoms with Crippen molar-refractivity contribution < 1.29 is 36.2 Å². The summed E-state index contributed by atoms with van der Waals surface area (Å²) < 4.78 is 86.4. The standard InChI is InChI=1S/C24H20F5N3OS.C9H13NO2/c25-15-3-9-22-20(12-15)21-13-16(26)4-10-23(21)32(22)18-2-1-11-31(14-18)34-30-17-5-7-19(8-6-17)33-24(27,28)29;1-11-8-4-3-7(6-10)9(5-8)12-2/h3-10,12-13,18,30H,1-2,11,14H2;3-5H,6,10H2,1-2H3. The Morgan fingerprint density at radius 3 is 2.04 bits per heavy atom. The van der Waals surface area contributed by atoms with Gasteiger partial charge in [0.05, 0.1) is 14.2 Å². The maximum atomic E-state index is 14.0. The second-order valence-electron chi connectivity index (χ2n) is 10.5. The molecular formula is C33H33F5N4O3S. The van der Waals surface area contributed by atoms with Gasteiger partial charge < -0.3 is 29.2 Å². The van der Waals surface area contributed by atoms with Crippen LogP contribution in [0.5, 0.6) is 17.2 Å². The van der Waals surface area contributed by atoms with Gasteiger partial charge in [-0.05, 0) is 79.6 Å². The summed E-state index contributed by atoms with van der Waals surface area (Å²) in [6.45, 7) is 1.98. The van der Waals surface area contributed by atoms with Gasteiger partial charge in [-0.3, -0.25) is 0 Å². The number of halogens is 5. The smallest absolute Gasteiger partial charge is 0.497 e. The van der Waals surface area contributed by atoms with Crippen molar-refractivity contribution in [3.05, 3.63) is 96.1 Å². The van der Waals surface area contributed by atoms with E-state index >= 15 is 0 Å². The summed E-state index contributed by atoms with van der Waals surface area (Å²) >= 11 is 1.37. The number of nitrogens with two attached hydrogens (primary N) is 1. The number of ether oxygens (including phenoxy) is 3. The fourth-order valence-electron chi connectivity index (χ4n) is 5.47. The molecule has 244 valence electrons. The van der Waals surface area contributed by atoms with Gasteiger partial charge in [0.15, 0.2) is 0 Å². The Hall–Kier alpha value is -4.20. The molecular weight excluding hydrogens is 627 g/mol. The molecule has 0 aliphatic carbocycles. The van der Waals surface area contributed by atoms with Crippen molar-refractivity contribution in [2.45, 2.75) is 31.8 Å². The molecule has 0 bridgehead atoms. The van der Waals surface area contributed by atoms with Crippen LogP contribution in [-0.2, 0) is 6.54 Å². The minimum Gasteiger partial charge on any atom is -0.497 e. The third-order valence-corrected chi connectivity index (χ3v) is 8.46. The largest absolute Gasteiger partial charge is 0.573 e. The number of benzene rings is 4. The van der Waals surface area contributed by atoms with Gasteiger partial charge in [0.25, 0.3) is 0 Å². The molecule has 1 fully saturated rings. The summed E-state index contributed by atoms with van der Waals surface area (Å²) in [5.74, 6) is 0.543. The number of aromatic nitrogens is 1. The highest BCUT2D eigenvalue weighted by Crippen LogP contribution is 2.37. The van der Waals surface area contributed by atoms with E-state index in [-0.39, 0.29) is 23.4 Å². The van der Waals surface area contributed by atoms with Crippen LogP contribution in [0.3, 0.4) is 0 Å². The number of hydrogen-bond donors (Lipinski definition) is 2. The number of alkyl halides is 3. The topological polar surface area (TPSA) is 73.9 Å². The Bertz CT molecular complexity index is 1720. The Kier molecular flexibility index (Phi) is 10.4. The predicted octanol–water partition coefficient (Wildman–Crippen LogP) is 8.45. The molecule has 2 heterocycles. The molecule has 13 heteroatoms. The first-order valence-corrected chi connectivity index (χ1v) is 15.2. The lowest BCUT2D eigenvalue weighted by Crippen LogP contribution is -2.32. The molecule has 0 saturated carbocycles. The van der Waals surface area contributed by atoms with E-state index in [1.54, 1.807) is 26.4 Å². The first-order valence-electron chi connectivity index (χ1n) is 14.4. The van der Waals surface area contributed by atoms with Gasteiger partial charge in [-0.2, -0.15) is 0 Å². The average molecular weight is 661 g/mol. The molecule has 4 aromatic carbocycles. The van der Waals surface area contributed by atoms with E-state index in [2.05, 4.69) is 18.3 Å². The normalized spacial score (nSPS) is 15.3. The molecule has 3 N–H and O–H groups in total. The van der Waals surface area contributed by atoms with Gasteiger partial charge in [-0.15, -0.1) is 13.2 Å².